The van der Waals surface area contributed by atoms with Crippen molar-refractivity contribution in [2.75, 3.05) is 11.5 Å². The molecule has 0 fully saturated rings. The van der Waals surface area contributed by atoms with E-state index in [1.54, 1.807) is 36.4 Å². The molecule has 2 aromatic carbocycles. The number of benzene rings is 2. The lowest BCUT2D eigenvalue weighted by molar-refractivity contribution is 0.596. The molecule has 0 saturated carbocycles. The average molecular weight is 336 g/mol. The smallest absolute Gasteiger partial charge is 0.181 e. The molecule has 0 aliphatic heterocycles. The minimum Gasteiger partial charge on any atom is -0.223 e. The van der Waals surface area contributed by atoms with Gasteiger partial charge in [-0.3, -0.25) is 0 Å². The Hall–Kier alpha value is -1.92. The maximum atomic E-state index is 12.0. The van der Waals surface area contributed by atoms with E-state index in [0.717, 1.165) is 0 Å². The van der Waals surface area contributed by atoms with Gasteiger partial charge in [-0.1, -0.05) is 48.6 Å². The molecule has 22 heavy (non-hydrogen) atoms. The first-order valence-corrected chi connectivity index (χ1v) is 9.93. The van der Waals surface area contributed by atoms with Crippen molar-refractivity contribution in [1.82, 2.24) is 0 Å². The van der Waals surface area contributed by atoms with Crippen LogP contribution >= 0.6 is 0 Å². The van der Waals surface area contributed by atoms with Gasteiger partial charge in [0, 0.05) is 0 Å². The van der Waals surface area contributed by atoms with E-state index in [9.17, 15) is 16.8 Å². The highest BCUT2D eigenvalue weighted by atomic mass is 32.2. The van der Waals surface area contributed by atoms with Crippen molar-refractivity contribution in [2.45, 2.75) is 9.79 Å². The van der Waals surface area contributed by atoms with Gasteiger partial charge in [-0.25, -0.2) is 16.8 Å². The van der Waals surface area contributed by atoms with E-state index in [-0.39, 0.29) is 21.3 Å². The highest BCUT2D eigenvalue weighted by molar-refractivity contribution is 7.92. The van der Waals surface area contributed by atoms with Crippen molar-refractivity contribution < 1.29 is 16.8 Å². The van der Waals surface area contributed by atoms with Crippen molar-refractivity contribution >= 4 is 19.7 Å². The Morgan fingerprint density at radius 2 is 0.909 bits per heavy atom. The Morgan fingerprint density at radius 1 is 0.591 bits per heavy atom. The van der Waals surface area contributed by atoms with Crippen molar-refractivity contribution in [3.8, 4) is 0 Å². The Bertz CT molecular complexity index is 764. The second kappa shape index (κ2) is 6.89. The fraction of sp³-hybridized carbons (Fsp3) is 0.125. The van der Waals surface area contributed by atoms with Gasteiger partial charge >= 0.3 is 0 Å². The van der Waals surface area contributed by atoms with Crippen LogP contribution in [0.4, 0.5) is 0 Å². The van der Waals surface area contributed by atoms with Crippen LogP contribution < -0.4 is 0 Å². The molecule has 0 atom stereocenters. The number of rotatable bonds is 6. The SMILES string of the molecule is O=S(=O)(C/C=C\CS(=O)(=O)c1ccccc1)c1ccccc1. The van der Waals surface area contributed by atoms with Gasteiger partial charge in [-0.2, -0.15) is 0 Å². The lowest BCUT2D eigenvalue weighted by Gasteiger charge is -2.02. The minimum atomic E-state index is -3.42. The maximum Gasteiger partial charge on any atom is 0.181 e. The standard InChI is InChI=1S/C16H16O4S2/c17-21(18,15-9-3-1-4-10-15)13-7-8-14-22(19,20)16-11-5-2-6-12-16/h1-12H,13-14H2/b8-7-. The summed E-state index contributed by atoms with van der Waals surface area (Å²) in [6.07, 6.45) is 2.76. The third-order valence-electron chi connectivity index (χ3n) is 3.00. The first-order chi connectivity index (χ1) is 10.4. The van der Waals surface area contributed by atoms with Crippen molar-refractivity contribution in [2.24, 2.45) is 0 Å². The van der Waals surface area contributed by atoms with Crippen molar-refractivity contribution in [3.63, 3.8) is 0 Å². The second-order valence-corrected chi connectivity index (χ2v) is 8.73. The molecular formula is C16H16O4S2. The topological polar surface area (TPSA) is 68.3 Å². The zero-order valence-electron chi connectivity index (χ0n) is 11.8. The van der Waals surface area contributed by atoms with Crippen molar-refractivity contribution in [1.29, 1.82) is 0 Å². The van der Waals surface area contributed by atoms with E-state index in [1.165, 1.54) is 36.4 Å². The molecule has 0 radical (unpaired) electrons. The summed E-state index contributed by atoms with van der Waals surface area (Å²) in [5.74, 6) is -0.442. The molecule has 0 aromatic heterocycles. The minimum absolute atomic E-state index is 0.221. The van der Waals surface area contributed by atoms with Gasteiger partial charge in [-0.15, -0.1) is 0 Å². The summed E-state index contributed by atoms with van der Waals surface area (Å²) in [5, 5.41) is 0. The van der Waals surface area contributed by atoms with Crippen LogP contribution in [-0.4, -0.2) is 28.3 Å². The molecule has 0 N–H and O–H groups in total. The zero-order valence-corrected chi connectivity index (χ0v) is 13.4. The molecule has 0 amide bonds. The van der Waals surface area contributed by atoms with Crippen molar-refractivity contribution in [3.05, 3.63) is 72.8 Å². The largest absolute Gasteiger partial charge is 0.223 e. The lowest BCUT2D eigenvalue weighted by atomic mass is 10.4. The highest BCUT2D eigenvalue weighted by Gasteiger charge is 2.13. The van der Waals surface area contributed by atoms with Gasteiger partial charge < -0.3 is 0 Å². The van der Waals surface area contributed by atoms with Crippen LogP contribution in [-0.2, 0) is 19.7 Å². The monoisotopic (exact) mass is 336 g/mol. The molecule has 0 saturated heterocycles. The fourth-order valence-corrected chi connectivity index (χ4v) is 4.14. The number of hydrogen-bond acceptors (Lipinski definition) is 4. The van der Waals surface area contributed by atoms with Gasteiger partial charge in [0.15, 0.2) is 19.7 Å². The lowest BCUT2D eigenvalue weighted by Crippen LogP contribution is -2.07. The van der Waals surface area contributed by atoms with Gasteiger partial charge in [0.2, 0.25) is 0 Å². The average Bonchev–Trinajstić information content (AvgIpc) is 2.53. The van der Waals surface area contributed by atoms with E-state index in [2.05, 4.69) is 0 Å². The molecule has 0 aliphatic carbocycles. The zero-order chi connectivity index (χ0) is 16.1. The summed E-state index contributed by atoms with van der Waals surface area (Å²) in [4.78, 5) is 0.455. The summed E-state index contributed by atoms with van der Waals surface area (Å²) in [6, 6.07) is 16.1. The van der Waals surface area contributed by atoms with Gasteiger partial charge in [0.1, 0.15) is 0 Å². The normalized spacial score (nSPS) is 12.5. The van der Waals surface area contributed by atoms with Gasteiger partial charge in [0.05, 0.1) is 21.3 Å². The Morgan fingerprint density at radius 3 is 1.23 bits per heavy atom. The summed E-state index contributed by atoms with van der Waals surface area (Å²) >= 11 is 0. The summed E-state index contributed by atoms with van der Waals surface area (Å²) in [7, 11) is -6.85. The maximum absolute atomic E-state index is 12.0. The van der Waals surface area contributed by atoms with Gasteiger partial charge in [0.25, 0.3) is 0 Å². The van der Waals surface area contributed by atoms with Crippen LogP contribution in [0.15, 0.2) is 82.6 Å². The molecule has 0 heterocycles. The number of hydrogen-bond donors (Lipinski definition) is 0. The second-order valence-electron chi connectivity index (χ2n) is 4.66. The predicted molar refractivity (Wildman–Crippen MR) is 86.1 cm³/mol. The van der Waals surface area contributed by atoms with Crippen LogP contribution in [0, 0.1) is 0 Å². The van der Waals surface area contributed by atoms with E-state index in [0.29, 0.717) is 0 Å². The predicted octanol–water partition coefficient (Wildman–Crippen LogP) is 2.49. The van der Waals surface area contributed by atoms with Crippen LogP contribution in [0.3, 0.4) is 0 Å². The van der Waals surface area contributed by atoms with E-state index >= 15 is 0 Å². The Kier molecular flexibility index (Phi) is 5.15. The molecular weight excluding hydrogens is 320 g/mol. The molecule has 0 spiro atoms. The number of sulfone groups is 2. The summed E-state index contributed by atoms with van der Waals surface area (Å²) < 4.78 is 48.1. The third-order valence-corrected chi connectivity index (χ3v) is 6.25. The summed E-state index contributed by atoms with van der Waals surface area (Å²) in [5.41, 5.74) is 0. The molecule has 2 rings (SSSR count). The highest BCUT2D eigenvalue weighted by Crippen LogP contribution is 2.12. The van der Waals surface area contributed by atoms with Gasteiger partial charge in [-0.05, 0) is 24.3 Å². The molecule has 2 aromatic rings. The molecule has 4 nitrogen and oxygen atoms in total. The third kappa shape index (κ3) is 4.29. The van der Waals surface area contributed by atoms with E-state index in [1.807, 2.05) is 0 Å². The molecule has 116 valence electrons. The van der Waals surface area contributed by atoms with E-state index in [4.69, 9.17) is 0 Å². The molecule has 0 aliphatic rings. The Labute approximate surface area is 131 Å². The quantitative estimate of drug-likeness (QED) is 0.760. The van der Waals surface area contributed by atoms with Crippen LogP contribution in [0.25, 0.3) is 0 Å². The molecule has 6 heteroatoms. The first kappa shape index (κ1) is 16.5. The van der Waals surface area contributed by atoms with Crippen LogP contribution in [0.2, 0.25) is 0 Å². The first-order valence-electron chi connectivity index (χ1n) is 6.62. The Balaban J connectivity index is 2.02. The fourth-order valence-electron chi connectivity index (χ4n) is 1.84. The summed E-state index contributed by atoms with van der Waals surface area (Å²) in [6.45, 7) is 0. The molecule has 0 unspecified atom stereocenters. The van der Waals surface area contributed by atoms with Crippen LogP contribution in [0.5, 0.6) is 0 Å². The van der Waals surface area contributed by atoms with E-state index < -0.39 is 19.7 Å². The molecule has 0 bridgehead atoms. The van der Waals surface area contributed by atoms with Crippen LogP contribution in [0.1, 0.15) is 0 Å².